The summed E-state index contributed by atoms with van der Waals surface area (Å²) in [5.41, 5.74) is 0.986. The number of carbonyl (C=O) groups is 2. The van der Waals surface area contributed by atoms with Crippen molar-refractivity contribution >= 4 is 11.9 Å². The molecule has 0 heterocycles. The van der Waals surface area contributed by atoms with Gasteiger partial charge >= 0.3 is 11.9 Å². The first-order chi connectivity index (χ1) is 17.4. The van der Waals surface area contributed by atoms with E-state index in [9.17, 15) is 9.59 Å². The standard InChI is InChI=1S/C22H40O2.C10H16O2/c1-4-5-6-7-8-9-10-11-12-13-14-15-16-17-18-19-20-24-22(23)21(2)3;1-8(2)10(11)12-9-6-4-3-5-7-9/h11-12H,2,4-10,13-20H2,1,3H3;9H,1,3-7H2,2H3/b12-11-;. The maximum Gasteiger partial charge on any atom is 0.333 e. The summed E-state index contributed by atoms with van der Waals surface area (Å²) in [6, 6.07) is 0. The maximum atomic E-state index is 11.2. The second-order valence-corrected chi connectivity index (χ2v) is 10.3. The molecule has 0 aromatic heterocycles. The number of carbonyl (C=O) groups excluding carboxylic acids is 2. The van der Waals surface area contributed by atoms with Crippen molar-refractivity contribution in [2.45, 2.75) is 149 Å². The zero-order chi connectivity index (χ0) is 26.9. The smallest absolute Gasteiger partial charge is 0.333 e. The number of hydrogen-bond acceptors (Lipinski definition) is 4. The highest BCUT2D eigenvalue weighted by atomic mass is 16.5. The summed E-state index contributed by atoms with van der Waals surface area (Å²) in [7, 11) is 0. The minimum absolute atomic E-state index is 0.156. The van der Waals surface area contributed by atoms with Crippen LogP contribution in [0.4, 0.5) is 0 Å². The molecule has 1 aliphatic rings. The Morgan fingerprint density at radius 2 is 1.17 bits per heavy atom. The molecule has 0 spiro atoms. The first-order valence-electron chi connectivity index (χ1n) is 14.7. The summed E-state index contributed by atoms with van der Waals surface area (Å²) in [6.07, 6.45) is 28.7. The molecule has 0 atom stereocenters. The van der Waals surface area contributed by atoms with E-state index in [1.807, 2.05) is 0 Å². The zero-order valence-corrected chi connectivity index (χ0v) is 23.9. The van der Waals surface area contributed by atoms with Crippen molar-refractivity contribution in [3.8, 4) is 0 Å². The molecule has 0 saturated heterocycles. The minimum atomic E-state index is -0.261. The van der Waals surface area contributed by atoms with Crippen LogP contribution in [0.5, 0.6) is 0 Å². The van der Waals surface area contributed by atoms with E-state index in [0.717, 1.165) is 25.7 Å². The van der Waals surface area contributed by atoms with Crippen molar-refractivity contribution < 1.29 is 19.1 Å². The first kappa shape index (κ1) is 34.2. The Morgan fingerprint density at radius 3 is 1.67 bits per heavy atom. The average Bonchev–Trinajstić information content (AvgIpc) is 2.86. The predicted octanol–water partition coefficient (Wildman–Crippen LogP) is 9.58. The highest BCUT2D eigenvalue weighted by Gasteiger charge is 2.17. The summed E-state index contributed by atoms with van der Waals surface area (Å²) in [5, 5.41) is 0. The Labute approximate surface area is 223 Å². The van der Waals surface area contributed by atoms with E-state index in [2.05, 4.69) is 32.2 Å². The van der Waals surface area contributed by atoms with Crippen LogP contribution >= 0.6 is 0 Å². The predicted molar refractivity (Wildman–Crippen MR) is 153 cm³/mol. The Morgan fingerprint density at radius 1 is 0.694 bits per heavy atom. The molecule has 1 rings (SSSR count). The Balaban J connectivity index is 0.000000846. The minimum Gasteiger partial charge on any atom is -0.462 e. The topological polar surface area (TPSA) is 52.6 Å². The molecule has 0 radical (unpaired) electrons. The van der Waals surface area contributed by atoms with Crippen molar-refractivity contribution in [1.29, 1.82) is 0 Å². The molecule has 4 nitrogen and oxygen atoms in total. The molecule has 1 aliphatic carbocycles. The van der Waals surface area contributed by atoms with E-state index in [-0.39, 0.29) is 18.0 Å². The molecule has 36 heavy (non-hydrogen) atoms. The van der Waals surface area contributed by atoms with Crippen molar-refractivity contribution in [3.05, 3.63) is 36.5 Å². The van der Waals surface area contributed by atoms with Crippen molar-refractivity contribution in [3.63, 3.8) is 0 Å². The average molecular weight is 505 g/mol. The van der Waals surface area contributed by atoms with E-state index in [0.29, 0.717) is 17.8 Å². The lowest BCUT2D eigenvalue weighted by molar-refractivity contribution is -0.145. The highest BCUT2D eigenvalue weighted by molar-refractivity contribution is 5.87. The lowest BCUT2D eigenvalue weighted by Crippen LogP contribution is -2.20. The normalized spacial score (nSPS) is 13.6. The number of hydrogen-bond donors (Lipinski definition) is 0. The monoisotopic (exact) mass is 504 g/mol. The van der Waals surface area contributed by atoms with Crippen LogP contribution in [0, 0.1) is 0 Å². The molecular formula is C32H56O4. The summed E-state index contributed by atoms with van der Waals surface area (Å²) >= 11 is 0. The van der Waals surface area contributed by atoms with E-state index >= 15 is 0 Å². The van der Waals surface area contributed by atoms with Gasteiger partial charge in [-0.3, -0.25) is 0 Å². The van der Waals surface area contributed by atoms with Gasteiger partial charge in [0.05, 0.1) is 6.61 Å². The van der Waals surface area contributed by atoms with Gasteiger partial charge in [-0.2, -0.15) is 0 Å². The largest absolute Gasteiger partial charge is 0.462 e. The zero-order valence-electron chi connectivity index (χ0n) is 23.9. The van der Waals surface area contributed by atoms with Crippen LogP contribution in [0.1, 0.15) is 143 Å². The lowest BCUT2D eigenvalue weighted by Gasteiger charge is -2.21. The molecule has 0 aromatic carbocycles. The molecule has 0 unspecified atom stereocenters. The Hall–Kier alpha value is -1.84. The molecular weight excluding hydrogens is 448 g/mol. The van der Waals surface area contributed by atoms with Gasteiger partial charge < -0.3 is 9.47 Å². The van der Waals surface area contributed by atoms with E-state index in [1.54, 1.807) is 13.8 Å². The molecule has 1 saturated carbocycles. The fourth-order valence-electron chi connectivity index (χ4n) is 4.07. The quantitative estimate of drug-likeness (QED) is 0.0760. The van der Waals surface area contributed by atoms with E-state index < -0.39 is 0 Å². The Kier molecular flexibility index (Phi) is 23.6. The van der Waals surface area contributed by atoms with Crippen molar-refractivity contribution in [2.24, 2.45) is 0 Å². The van der Waals surface area contributed by atoms with Gasteiger partial charge in [-0.15, -0.1) is 0 Å². The third-order valence-corrected chi connectivity index (χ3v) is 6.41. The van der Waals surface area contributed by atoms with Gasteiger partial charge in [-0.1, -0.05) is 96.4 Å². The van der Waals surface area contributed by atoms with Crippen LogP contribution in [0.2, 0.25) is 0 Å². The van der Waals surface area contributed by atoms with Gasteiger partial charge in [0.25, 0.3) is 0 Å². The second-order valence-electron chi connectivity index (χ2n) is 10.3. The number of ether oxygens (including phenoxy) is 2. The molecule has 0 aliphatic heterocycles. The number of unbranched alkanes of at least 4 members (excludes halogenated alkanes) is 12. The second kappa shape index (κ2) is 24.8. The molecule has 1 fully saturated rings. The van der Waals surface area contributed by atoms with Crippen LogP contribution in [-0.2, 0) is 19.1 Å². The third kappa shape index (κ3) is 22.6. The van der Waals surface area contributed by atoms with Gasteiger partial charge in [0.15, 0.2) is 0 Å². The fourth-order valence-corrected chi connectivity index (χ4v) is 4.07. The summed E-state index contributed by atoms with van der Waals surface area (Å²) in [4.78, 5) is 22.3. The maximum absolute atomic E-state index is 11.2. The summed E-state index contributed by atoms with van der Waals surface area (Å²) in [5.74, 6) is -0.496. The van der Waals surface area contributed by atoms with Crippen molar-refractivity contribution in [1.82, 2.24) is 0 Å². The SMILES string of the molecule is C=C(C)C(=O)OC1CCCCC1.C=C(C)C(=O)OCCCCCCCC/C=C\CCCCCCCC. The highest BCUT2D eigenvalue weighted by Crippen LogP contribution is 2.20. The van der Waals surface area contributed by atoms with Crippen LogP contribution in [0.25, 0.3) is 0 Å². The molecule has 0 amide bonds. The summed E-state index contributed by atoms with van der Waals surface area (Å²) < 4.78 is 10.3. The van der Waals surface area contributed by atoms with Gasteiger partial charge in [0.1, 0.15) is 6.10 Å². The third-order valence-electron chi connectivity index (χ3n) is 6.41. The van der Waals surface area contributed by atoms with Gasteiger partial charge in [-0.05, 0) is 71.6 Å². The van der Waals surface area contributed by atoms with Crippen molar-refractivity contribution in [2.75, 3.05) is 6.61 Å². The van der Waals surface area contributed by atoms with Crippen LogP contribution < -0.4 is 0 Å². The van der Waals surface area contributed by atoms with Crippen LogP contribution in [-0.4, -0.2) is 24.6 Å². The number of esters is 2. The van der Waals surface area contributed by atoms with Crippen LogP contribution in [0.15, 0.2) is 36.5 Å². The first-order valence-corrected chi connectivity index (χ1v) is 14.7. The number of rotatable bonds is 19. The van der Waals surface area contributed by atoms with Gasteiger partial charge in [-0.25, -0.2) is 9.59 Å². The van der Waals surface area contributed by atoms with E-state index in [4.69, 9.17) is 9.47 Å². The lowest BCUT2D eigenvalue weighted by atomic mass is 9.98. The molecule has 208 valence electrons. The molecule has 0 aromatic rings. The van der Waals surface area contributed by atoms with Gasteiger partial charge in [0.2, 0.25) is 0 Å². The molecule has 4 heteroatoms. The molecule has 0 N–H and O–H groups in total. The Bertz CT molecular complexity index is 614. The van der Waals surface area contributed by atoms with E-state index in [1.165, 1.54) is 96.3 Å². The molecule has 0 bridgehead atoms. The number of allylic oxidation sites excluding steroid dienone is 2. The summed E-state index contributed by atoms with van der Waals surface area (Å²) in [6.45, 7) is 13.3. The van der Waals surface area contributed by atoms with Crippen LogP contribution in [0.3, 0.4) is 0 Å². The van der Waals surface area contributed by atoms with Gasteiger partial charge in [0, 0.05) is 11.1 Å². The fraction of sp³-hybridized carbons (Fsp3) is 0.750.